The molecular weight excluding hydrogens is 376 g/mol. The van der Waals surface area contributed by atoms with E-state index < -0.39 is 11.8 Å². The molecule has 0 fully saturated rings. The number of benzene rings is 2. The number of aromatic carboxylic acids is 1. The predicted octanol–water partition coefficient (Wildman–Crippen LogP) is 5.78. The molecule has 30 heavy (non-hydrogen) atoms. The molecule has 0 bridgehead atoms. The maximum absolute atomic E-state index is 11.3. The number of carbonyl (C=O) groups is 1. The molecule has 3 aliphatic rings. The molecule has 2 aliphatic heterocycles. The molecule has 0 amide bonds. The van der Waals surface area contributed by atoms with Gasteiger partial charge in [0.1, 0.15) is 11.5 Å². The van der Waals surface area contributed by atoms with Gasteiger partial charge in [0, 0.05) is 12.8 Å². The molecule has 4 nitrogen and oxygen atoms in total. The van der Waals surface area contributed by atoms with Crippen molar-refractivity contribution >= 4 is 5.97 Å². The van der Waals surface area contributed by atoms with E-state index in [9.17, 15) is 9.90 Å². The van der Waals surface area contributed by atoms with Crippen LogP contribution in [0.3, 0.4) is 0 Å². The lowest BCUT2D eigenvalue weighted by atomic mass is 9.62. The van der Waals surface area contributed by atoms with Crippen LogP contribution < -0.4 is 9.47 Å². The number of ether oxygens (including phenoxy) is 2. The molecule has 0 unspecified atom stereocenters. The molecule has 0 saturated heterocycles. The molecule has 2 heterocycles. The van der Waals surface area contributed by atoms with Gasteiger partial charge in [-0.15, -0.1) is 0 Å². The Balaban J connectivity index is 1.49. The third kappa shape index (κ3) is 3.00. The van der Waals surface area contributed by atoms with Crippen molar-refractivity contribution < 1.29 is 19.4 Å². The Morgan fingerprint density at radius 3 is 2.00 bits per heavy atom. The summed E-state index contributed by atoms with van der Waals surface area (Å²) in [6.07, 6.45) is 5.61. The number of hydrogen-bond donors (Lipinski definition) is 1. The van der Waals surface area contributed by atoms with Crippen LogP contribution in [-0.2, 0) is 23.7 Å². The van der Waals surface area contributed by atoms with Crippen molar-refractivity contribution in [3.63, 3.8) is 0 Å². The van der Waals surface area contributed by atoms with E-state index in [0.717, 1.165) is 42.7 Å². The zero-order valence-corrected chi connectivity index (χ0v) is 18.3. The number of fused-ring (bicyclic) bond motifs is 3. The van der Waals surface area contributed by atoms with Crippen molar-refractivity contribution in [2.75, 3.05) is 0 Å². The summed E-state index contributed by atoms with van der Waals surface area (Å²) in [7, 11) is 0. The molecule has 5 rings (SSSR count). The lowest BCUT2D eigenvalue weighted by molar-refractivity contribution is -0.139. The van der Waals surface area contributed by atoms with Gasteiger partial charge in [-0.05, 0) is 83.0 Å². The van der Waals surface area contributed by atoms with E-state index in [1.807, 2.05) is 0 Å². The summed E-state index contributed by atoms with van der Waals surface area (Å²) in [6.45, 7) is 9.37. The molecule has 2 aromatic carbocycles. The molecular formula is C26H30O4. The van der Waals surface area contributed by atoms with Crippen molar-refractivity contribution in [2.45, 2.75) is 82.8 Å². The average Bonchev–Trinajstić information content (AvgIpc) is 2.70. The molecule has 1 atom stereocenters. The molecule has 0 saturated carbocycles. The molecule has 2 aromatic rings. The molecule has 4 heteroatoms. The van der Waals surface area contributed by atoms with E-state index in [1.165, 1.54) is 29.5 Å². The zero-order chi connectivity index (χ0) is 21.3. The van der Waals surface area contributed by atoms with Crippen LogP contribution in [0.4, 0.5) is 0 Å². The quantitative estimate of drug-likeness (QED) is 0.652. The first-order chi connectivity index (χ1) is 14.1. The second-order valence-corrected chi connectivity index (χ2v) is 10.5. The fraction of sp³-hybridized carbons (Fsp3) is 0.500. The van der Waals surface area contributed by atoms with Crippen LogP contribution in [0.2, 0.25) is 0 Å². The molecule has 0 aromatic heterocycles. The normalized spacial score (nSPS) is 25.3. The Morgan fingerprint density at radius 1 is 0.800 bits per heavy atom. The van der Waals surface area contributed by atoms with Crippen LogP contribution in [0.25, 0.3) is 0 Å². The lowest BCUT2D eigenvalue weighted by Gasteiger charge is -2.45. The molecule has 1 N–H and O–H groups in total. The van der Waals surface area contributed by atoms with Crippen LogP contribution in [0, 0.1) is 0 Å². The average molecular weight is 407 g/mol. The van der Waals surface area contributed by atoms with E-state index in [2.05, 4.69) is 39.8 Å². The van der Waals surface area contributed by atoms with E-state index in [1.54, 1.807) is 18.2 Å². The van der Waals surface area contributed by atoms with Gasteiger partial charge >= 0.3 is 5.97 Å². The van der Waals surface area contributed by atoms with Crippen molar-refractivity contribution in [1.82, 2.24) is 0 Å². The first kappa shape index (κ1) is 19.5. The second kappa shape index (κ2) is 6.26. The molecule has 1 aliphatic carbocycles. The van der Waals surface area contributed by atoms with Gasteiger partial charge in [0.15, 0.2) is 0 Å². The number of carboxylic acids is 1. The maximum atomic E-state index is 11.3. The minimum Gasteiger partial charge on any atom is -0.478 e. The minimum absolute atomic E-state index is 0.140. The van der Waals surface area contributed by atoms with Gasteiger partial charge in [0.25, 0.3) is 5.79 Å². The Morgan fingerprint density at radius 2 is 1.37 bits per heavy atom. The van der Waals surface area contributed by atoms with Crippen molar-refractivity contribution in [3.8, 4) is 11.5 Å². The van der Waals surface area contributed by atoms with Gasteiger partial charge in [0.2, 0.25) is 0 Å². The summed E-state index contributed by atoms with van der Waals surface area (Å²) in [6, 6.07) is 9.77. The number of carboxylic acid groups (broad SMARTS) is 1. The number of rotatable bonds is 1. The van der Waals surface area contributed by atoms with E-state index in [0.29, 0.717) is 5.56 Å². The van der Waals surface area contributed by atoms with Gasteiger partial charge in [0.05, 0.1) is 5.56 Å². The van der Waals surface area contributed by atoms with Crippen LogP contribution >= 0.6 is 0 Å². The number of aryl methyl sites for hydroxylation is 2. The van der Waals surface area contributed by atoms with Crippen LogP contribution in [-0.4, -0.2) is 16.9 Å². The summed E-state index contributed by atoms with van der Waals surface area (Å²) in [4.78, 5) is 11.3. The highest BCUT2D eigenvalue weighted by Crippen LogP contribution is 2.50. The van der Waals surface area contributed by atoms with Crippen molar-refractivity contribution in [2.24, 2.45) is 0 Å². The first-order valence-electron chi connectivity index (χ1n) is 11.0. The van der Waals surface area contributed by atoms with Crippen molar-refractivity contribution in [1.29, 1.82) is 0 Å². The minimum atomic E-state index is -0.906. The van der Waals surface area contributed by atoms with Gasteiger partial charge in [-0.2, -0.15) is 0 Å². The Labute approximate surface area is 178 Å². The van der Waals surface area contributed by atoms with E-state index in [4.69, 9.17) is 9.47 Å². The Kier molecular flexibility index (Phi) is 4.06. The third-order valence-electron chi connectivity index (χ3n) is 7.48. The van der Waals surface area contributed by atoms with Gasteiger partial charge in [-0.1, -0.05) is 33.8 Å². The molecule has 0 radical (unpaired) electrons. The fourth-order valence-electron chi connectivity index (χ4n) is 5.34. The highest BCUT2D eigenvalue weighted by atomic mass is 16.7. The van der Waals surface area contributed by atoms with Gasteiger partial charge in [-0.25, -0.2) is 4.79 Å². The highest BCUT2D eigenvalue weighted by Gasteiger charge is 2.44. The summed E-state index contributed by atoms with van der Waals surface area (Å²) >= 11 is 0. The second-order valence-electron chi connectivity index (χ2n) is 10.5. The van der Waals surface area contributed by atoms with E-state index >= 15 is 0 Å². The van der Waals surface area contributed by atoms with Crippen LogP contribution in [0.1, 0.15) is 86.0 Å². The zero-order valence-electron chi connectivity index (χ0n) is 18.3. The highest BCUT2D eigenvalue weighted by molar-refractivity contribution is 5.88. The van der Waals surface area contributed by atoms with Gasteiger partial charge < -0.3 is 14.6 Å². The summed E-state index contributed by atoms with van der Waals surface area (Å²) < 4.78 is 13.0. The molecule has 1 spiro atoms. The summed E-state index contributed by atoms with van der Waals surface area (Å²) in [5, 5.41) is 9.25. The summed E-state index contributed by atoms with van der Waals surface area (Å²) in [5.41, 5.74) is 5.73. The Bertz CT molecular complexity index is 1050. The predicted molar refractivity (Wildman–Crippen MR) is 116 cm³/mol. The largest absolute Gasteiger partial charge is 0.478 e. The lowest BCUT2D eigenvalue weighted by Crippen LogP contribution is -2.48. The Hall–Kier alpha value is -2.49. The topological polar surface area (TPSA) is 55.8 Å². The number of hydrogen-bond acceptors (Lipinski definition) is 3. The van der Waals surface area contributed by atoms with Gasteiger partial charge in [-0.3, -0.25) is 0 Å². The van der Waals surface area contributed by atoms with Crippen LogP contribution in [0.5, 0.6) is 11.5 Å². The first-order valence-corrected chi connectivity index (χ1v) is 11.0. The SMILES string of the molecule is CC1(C)CCC(C)(C)c2cc3c(cc21)CC[C@]1(CCc2cc(C(=O)O)ccc2O1)O3. The third-order valence-corrected chi connectivity index (χ3v) is 7.48. The summed E-state index contributed by atoms with van der Waals surface area (Å²) in [5.74, 6) is 0.134. The monoisotopic (exact) mass is 406 g/mol. The van der Waals surface area contributed by atoms with E-state index in [-0.39, 0.29) is 10.8 Å². The maximum Gasteiger partial charge on any atom is 0.335 e. The van der Waals surface area contributed by atoms with Crippen molar-refractivity contribution in [3.05, 3.63) is 58.1 Å². The van der Waals surface area contributed by atoms with Crippen LogP contribution in [0.15, 0.2) is 30.3 Å². The molecule has 158 valence electrons. The smallest absolute Gasteiger partial charge is 0.335 e. The standard InChI is InChI=1S/C26H30O4/c1-24(2)11-12-25(3,4)20-15-22-17(14-19(20)24)8-10-26(30-22)9-7-16-13-18(23(27)28)5-6-21(16)29-26/h5-6,13-15H,7-12H2,1-4H3,(H,27,28)/t26-/m0/s1. The fourth-order valence-corrected chi connectivity index (χ4v) is 5.34.